The lowest BCUT2D eigenvalue weighted by Gasteiger charge is -2.27. The Morgan fingerprint density at radius 1 is 1.25 bits per heavy atom. The van der Waals surface area contributed by atoms with Crippen molar-refractivity contribution in [2.45, 2.75) is 13.0 Å². The van der Waals surface area contributed by atoms with Gasteiger partial charge in [0.2, 0.25) is 11.9 Å². The number of rotatable bonds is 4. The zero-order valence-corrected chi connectivity index (χ0v) is 16.1. The quantitative estimate of drug-likeness (QED) is 0.706. The summed E-state index contributed by atoms with van der Waals surface area (Å²) in [6.07, 6.45) is 0. The molecule has 0 saturated heterocycles. The number of benzene rings is 2. The summed E-state index contributed by atoms with van der Waals surface area (Å²) in [5.41, 5.74) is 8.26. The third kappa shape index (κ3) is 2.99. The van der Waals surface area contributed by atoms with Crippen molar-refractivity contribution in [3.8, 4) is 17.1 Å². The van der Waals surface area contributed by atoms with E-state index in [0.717, 1.165) is 5.56 Å². The predicted molar refractivity (Wildman–Crippen MR) is 107 cm³/mol. The molecule has 142 valence electrons. The first-order chi connectivity index (χ1) is 13.5. The molecule has 1 atom stereocenters. The topological polar surface area (TPSA) is 95.1 Å². The number of allylic oxidation sites excluding steroid dienone is 1. The van der Waals surface area contributed by atoms with E-state index in [0.29, 0.717) is 39.4 Å². The number of nitrogens with two attached hydrogens (primary N) is 1. The van der Waals surface area contributed by atoms with Gasteiger partial charge in [0, 0.05) is 11.3 Å². The molecule has 1 aromatic heterocycles. The third-order valence-electron chi connectivity index (χ3n) is 4.64. The molecule has 0 aliphatic carbocycles. The largest absolute Gasteiger partial charge is 0.497 e. The minimum absolute atomic E-state index is 0.413. The fourth-order valence-corrected chi connectivity index (χ4v) is 3.57. The van der Waals surface area contributed by atoms with Crippen LogP contribution >= 0.6 is 11.6 Å². The number of halogens is 1. The molecule has 3 N–H and O–H groups in total. The number of aromatic nitrogens is 3. The number of ether oxygens (including phenoxy) is 1. The standard InChI is InChI=1S/C20H18ClN5O2/c1-11-16(18(22)27)17(12-6-5-7-13(10-12)28-2)26-20(23-11)24-19(25-26)14-8-3-4-9-15(14)21/h3-10,17H,1-2H3,(H2,22,27)(H,23,24,25). The van der Waals surface area contributed by atoms with Gasteiger partial charge in [-0.3, -0.25) is 4.79 Å². The van der Waals surface area contributed by atoms with Crippen molar-refractivity contribution < 1.29 is 9.53 Å². The van der Waals surface area contributed by atoms with Gasteiger partial charge in [-0.2, -0.15) is 4.98 Å². The summed E-state index contributed by atoms with van der Waals surface area (Å²) in [6, 6.07) is 14.2. The predicted octanol–water partition coefficient (Wildman–Crippen LogP) is 3.38. The van der Waals surface area contributed by atoms with Crippen LogP contribution in [0.4, 0.5) is 5.95 Å². The van der Waals surface area contributed by atoms with Crippen molar-refractivity contribution in [1.82, 2.24) is 14.8 Å². The maximum absolute atomic E-state index is 12.3. The van der Waals surface area contributed by atoms with Crippen LogP contribution < -0.4 is 15.8 Å². The lowest BCUT2D eigenvalue weighted by Crippen LogP contribution is -2.31. The summed E-state index contributed by atoms with van der Waals surface area (Å²) in [6.45, 7) is 1.79. The van der Waals surface area contributed by atoms with E-state index in [1.54, 1.807) is 24.8 Å². The van der Waals surface area contributed by atoms with Crippen LogP contribution in [0.25, 0.3) is 11.4 Å². The molecule has 3 aromatic rings. The van der Waals surface area contributed by atoms with Crippen molar-refractivity contribution >= 4 is 23.5 Å². The highest BCUT2D eigenvalue weighted by Gasteiger charge is 2.33. The number of methoxy groups -OCH3 is 1. The molecule has 1 unspecified atom stereocenters. The molecule has 0 spiro atoms. The number of amides is 1. The number of carbonyl (C=O) groups excluding carboxylic acids is 1. The van der Waals surface area contributed by atoms with Crippen LogP contribution in [0.2, 0.25) is 5.02 Å². The van der Waals surface area contributed by atoms with Crippen molar-refractivity contribution in [2.75, 3.05) is 12.4 Å². The van der Waals surface area contributed by atoms with Gasteiger partial charge >= 0.3 is 0 Å². The fourth-order valence-electron chi connectivity index (χ4n) is 3.35. The van der Waals surface area contributed by atoms with Crippen LogP contribution in [0.5, 0.6) is 5.75 Å². The van der Waals surface area contributed by atoms with E-state index in [9.17, 15) is 4.79 Å². The second-order valence-corrected chi connectivity index (χ2v) is 6.80. The Hall–Kier alpha value is -3.32. The van der Waals surface area contributed by atoms with Crippen LogP contribution in [0.1, 0.15) is 18.5 Å². The Balaban J connectivity index is 1.90. The molecule has 4 rings (SSSR count). The Morgan fingerprint density at radius 2 is 2.04 bits per heavy atom. The van der Waals surface area contributed by atoms with E-state index in [2.05, 4.69) is 15.4 Å². The minimum Gasteiger partial charge on any atom is -0.497 e. The van der Waals surface area contributed by atoms with Crippen molar-refractivity contribution in [3.63, 3.8) is 0 Å². The summed E-state index contributed by atoms with van der Waals surface area (Å²) in [5, 5.41) is 8.31. The summed E-state index contributed by atoms with van der Waals surface area (Å²) in [7, 11) is 1.59. The molecular formula is C20H18ClN5O2. The first-order valence-electron chi connectivity index (χ1n) is 8.62. The van der Waals surface area contributed by atoms with E-state index in [-0.39, 0.29) is 0 Å². The van der Waals surface area contributed by atoms with E-state index in [1.807, 2.05) is 42.5 Å². The lowest BCUT2D eigenvalue weighted by atomic mass is 9.95. The summed E-state index contributed by atoms with van der Waals surface area (Å²) < 4.78 is 6.99. The second-order valence-electron chi connectivity index (χ2n) is 6.39. The first kappa shape index (κ1) is 18.1. The number of hydrogen-bond acceptors (Lipinski definition) is 5. The van der Waals surface area contributed by atoms with E-state index in [1.165, 1.54) is 0 Å². The average molecular weight is 396 g/mol. The van der Waals surface area contributed by atoms with Crippen LogP contribution in [0, 0.1) is 0 Å². The Morgan fingerprint density at radius 3 is 2.75 bits per heavy atom. The molecule has 0 bridgehead atoms. The highest BCUT2D eigenvalue weighted by Crippen LogP contribution is 2.37. The minimum atomic E-state index is -0.535. The second kappa shape index (κ2) is 7.01. The zero-order valence-electron chi connectivity index (χ0n) is 15.3. The molecule has 1 aliphatic heterocycles. The highest BCUT2D eigenvalue weighted by atomic mass is 35.5. The Bertz CT molecular complexity index is 1110. The van der Waals surface area contributed by atoms with E-state index >= 15 is 0 Å². The zero-order chi connectivity index (χ0) is 19.8. The monoisotopic (exact) mass is 395 g/mol. The van der Waals surface area contributed by atoms with Crippen molar-refractivity contribution in [3.05, 3.63) is 70.4 Å². The van der Waals surface area contributed by atoms with Crippen molar-refractivity contribution in [1.29, 1.82) is 0 Å². The van der Waals surface area contributed by atoms with Gasteiger partial charge in [0.15, 0.2) is 5.82 Å². The molecule has 8 heteroatoms. The van der Waals surface area contributed by atoms with Crippen LogP contribution in [-0.2, 0) is 4.79 Å². The highest BCUT2D eigenvalue weighted by molar-refractivity contribution is 6.33. The molecule has 2 aromatic carbocycles. The fraction of sp³-hybridized carbons (Fsp3) is 0.150. The van der Waals surface area contributed by atoms with Gasteiger partial charge in [-0.05, 0) is 36.8 Å². The summed E-state index contributed by atoms with van der Waals surface area (Å²) in [5.74, 6) is 1.11. The molecule has 0 radical (unpaired) electrons. The normalized spacial score (nSPS) is 15.8. The van der Waals surface area contributed by atoms with Crippen molar-refractivity contribution in [2.24, 2.45) is 5.73 Å². The van der Waals surface area contributed by atoms with Crippen LogP contribution in [0.3, 0.4) is 0 Å². The molecule has 0 fully saturated rings. The number of carbonyl (C=O) groups is 1. The van der Waals surface area contributed by atoms with Gasteiger partial charge in [0.25, 0.3) is 0 Å². The SMILES string of the molecule is COc1cccc(C2C(C(N)=O)=C(C)Nc3nc(-c4ccccc4Cl)nn32)c1. The number of fused-ring (bicyclic) bond motifs is 1. The lowest BCUT2D eigenvalue weighted by molar-refractivity contribution is -0.115. The van der Waals surface area contributed by atoms with Gasteiger partial charge in [-0.15, -0.1) is 5.10 Å². The average Bonchev–Trinajstić information content (AvgIpc) is 3.10. The summed E-state index contributed by atoms with van der Waals surface area (Å²) >= 11 is 6.31. The number of nitrogens with one attached hydrogen (secondary N) is 1. The Labute approximate surface area is 166 Å². The van der Waals surface area contributed by atoms with Crippen LogP contribution in [0.15, 0.2) is 59.8 Å². The maximum atomic E-state index is 12.3. The number of anilines is 1. The number of primary amides is 1. The van der Waals surface area contributed by atoms with Gasteiger partial charge in [-0.1, -0.05) is 35.9 Å². The van der Waals surface area contributed by atoms with Crippen LogP contribution in [-0.4, -0.2) is 27.8 Å². The van der Waals surface area contributed by atoms with Gasteiger partial charge in [0.05, 0.1) is 17.7 Å². The van der Waals surface area contributed by atoms with Gasteiger partial charge in [0.1, 0.15) is 11.8 Å². The van der Waals surface area contributed by atoms with Gasteiger partial charge < -0.3 is 15.8 Å². The molecule has 0 saturated carbocycles. The smallest absolute Gasteiger partial charge is 0.248 e. The molecule has 1 aliphatic rings. The number of nitrogens with zero attached hydrogens (tertiary/aromatic N) is 3. The maximum Gasteiger partial charge on any atom is 0.248 e. The van der Waals surface area contributed by atoms with E-state index < -0.39 is 11.9 Å². The number of hydrogen-bond donors (Lipinski definition) is 2. The Kier molecular flexibility index (Phi) is 4.52. The molecule has 1 amide bonds. The molecule has 28 heavy (non-hydrogen) atoms. The molecule has 7 nitrogen and oxygen atoms in total. The molecular weight excluding hydrogens is 378 g/mol. The summed E-state index contributed by atoms with van der Waals surface area (Å²) in [4.78, 5) is 16.8. The first-order valence-corrected chi connectivity index (χ1v) is 9.00. The van der Waals surface area contributed by atoms with Gasteiger partial charge in [-0.25, -0.2) is 4.68 Å². The molecule has 2 heterocycles. The van der Waals surface area contributed by atoms with E-state index in [4.69, 9.17) is 22.1 Å². The third-order valence-corrected chi connectivity index (χ3v) is 4.97.